The van der Waals surface area contributed by atoms with E-state index in [2.05, 4.69) is 5.48 Å². The molecule has 1 heterocycles. The van der Waals surface area contributed by atoms with Gasteiger partial charge in [-0.15, -0.1) is 4.94 Å². The molecule has 2 rings (SSSR count). The molecule has 1 aromatic carbocycles. The fourth-order valence-electron chi connectivity index (χ4n) is 1.38. The van der Waals surface area contributed by atoms with E-state index in [1.54, 1.807) is 0 Å². The van der Waals surface area contributed by atoms with Crippen molar-refractivity contribution in [3.05, 3.63) is 24.3 Å². The van der Waals surface area contributed by atoms with Crippen LogP contribution in [0, 0.1) is 0 Å². The van der Waals surface area contributed by atoms with E-state index in [1.165, 1.54) is 5.23 Å². The molecule has 0 saturated carbocycles. The van der Waals surface area contributed by atoms with Crippen molar-refractivity contribution in [2.24, 2.45) is 0 Å². The molecular formula is C11H14N2O3S. The molecule has 92 valence electrons. The van der Waals surface area contributed by atoms with Gasteiger partial charge < -0.3 is 4.74 Å². The smallest absolute Gasteiger partial charge is 0.191 e. The number of nitrogens with one attached hydrogen (secondary N) is 1. The maximum Gasteiger partial charge on any atom is 0.191 e. The molecule has 0 aromatic heterocycles. The SMILES string of the molecule is CCOC(=S)C(C)ON1ONc2ccccc21. The number of fused-ring (bicyclic) bond motifs is 1. The van der Waals surface area contributed by atoms with E-state index in [4.69, 9.17) is 26.7 Å². The molecule has 0 radical (unpaired) electrons. The van der Waals surface area contributed by atoms with Gasteiger partial charge in [0.2, 0.25) is 0 Å². The van der Waals surface area contributed by atoms with Crippen molar-refractivity contribution in [2.45, 2.75) is 20.0 Å². The van der Waals surface area contributed by atoms with Crippen LogP contribution >= 0.6 is 12.2 Å². The van der Waals surface area contributed by atoms with E-state index in [1.807, 2.05) is 38.1 Å². The Bertz CT molecular complexity index is 413. The van der Waals surface area contributed by atoms with Crippen molar-refractivity contribution in [1.82, 2.24) is 0 Å². The third-order valence-electron chi connectivity index (χ3n) is 2.21. The molecule has 1 atom stereocenters. The predicted octanol–water partition coefficient (Wildman–Crippen LogP) is 2.45. The molecule has 17 heavy (non-hydrogen) atoms. The van der Waals surface area contributed by atoms with E-state index < -0.39 is 0 Å². The maximum absolute atomic E-state index is 5.53. The molecule has 1 N–H and O–H groups in total. The van der Waals surface area contributed by atoms with Gasteiger partial charge in [0.05, 0.1) is 12.3 Å². The lowest BCUT2D eigenvalue weighted by Crippen LogP contribution is -2.31. The number of ether oxygens (including phenoxy) is 1. The Balaban J connectivity index is 1.99. The molecule has 1 aliphatic rings. The number of hydrogen-bond acceptors (Lipinski definition) is 6. The first kappa shape index (κ1) is 12.1. The second-order valence-corrected chi connectivity index (χ2v) is 3.87. The summed E-state index contributed by atoms with van der Waals surface area (Å²) in [4.78, 5) is 10.7. The first-order valence-corrected chi connectivity index (χ1v) is 5.78. The molecule has 0 saturated heterocycles. The lowest BCUT2D eigenvalue weighted by atomic mass is 10.3. The Hall–Kier alpha value is -1.37. The van der Waals surface area contributed by atoms with E-state index in [0.717, 1.165) is 11.4 Å². The Morgan fingerprint density at radius 2 is 2.29 bits per heavy atom. The van der Waals surface area contributed by atoms with Gasteiger partial charge in [-0.05, 0) is 38.2 Å². The molecule has 6 heteroatoms. The summed E-state index contributed by atoms with van der Waals surface area (Å²) in [5.41, 5.74) is 4.40. The van der Waals surface area contributed by atoms with Crippen LogP contribution in [0.3, 0.4) is 0 Å². The van der Waals surface area contributed by atoms with Crippen LogP contribution in [0.25, 0.3) is 0 Å². The summed E-state index contributed by atoms with van der Waals surface area (Å²) >= 11 is 5.06. The van der Waals surface area contributed by atoms with E-state index in [9.17, 15) is 0 Å². The highest BCUT2D eigenvalue weighted by atomic mass is 32.1. The molecule has 1 aliphatic heterocycles. The normalized spacial score (nSPS) is 15.1. The zero-order valence-corrected chi connectivity index (χ0v) is 10.5. The molecule has 5 nitrogen and oxygen atoms in total. The van der Waals surface area contributed by atoms with Gasteiger partial charge in [-0.2, -0.15) is 0 Å². The molecular weight excluding hydrogens is 240 g/mol. The zero-order valence-electron chi connectivity index (χ0n) is 9.67. The van der Waals surface area contributed by atoms with Gasteiger partial charge in [-0.3, -0.25) is 0 Å². The maximum atomic E-state index is 5.53. The van der Waals surface area contributed by atoms with E-state index >= 15 is 0 Å². The number of benzene rings is 1. The van der Waals surface area contributed by atoms with Gasteiger partial charge in [-0.25, -0.2) is 10.3 Å². The Morgan fingerprint density at radius 1 is 1.53 bits per heavy atom. The summed E-state index contributed by atoms with van der Waals surface area (Å²) < 4.78 is 5.21. The van der Waals surface area contributed by atoms with Gasteiger partial charge >= 0.3 is 0 Å². The van der Waals surface area contributed by atoms with Crippen molar-refractivity contribution >= 4 is 28.6 Å². The van der Waals surface area contributed by atoms with Crippen LogP contribution in [-0.2, 0) is 14.5 Å². The van der Waals surface area contributed by atoms with Crippen LogP contribution in [0.1, 0.15) is 13.8 Å². The fourth-order valence-corrected chi connectivity index (χ4v) is 1.54. The summed E-state index contributed by atoms with van der Waals surface area (Å²) in [6.07, 6.45) is -0.363. The average molecular weight is 254 g/mol. The molecule has 0 spiro atoms. The van der Waals surface area contributed by atoms with Crippen LogP contribution in [0.2, 0.25) is 0 Å². The Kier molecular flexibility index (Phi) is 3.78. The van der Waals surface area contributed by atoms with Crippen LogP contribution in [0.4, 0.5) is 11.4 Å². The number of rotatable bonds is 4. The van der Waals surface area contributed by atoms with Crippen LogP contribution < -0.4 is 10.7 Å². The van der Waals surface area contributed by atoms with E-state index in [0.29, 0.717) is 11.7 Å². The lowest BCUT2D eigenvalue weighted by molar-refractivity contribution is -0.0756. The second-order valence-electron chi connectivity index (χ2n) is 3.47. The topological polar surface area (TPSA) is 43.0 Å². The zero-order chi connectivity index (χ0) is 12.3. The van der Waals surface area contributed by atoms with Crippen LogP contribution in [0.15, 0.2) is 24.3 Å². The largest absolute Gasteiger partial charge is 0.485 e. The number of anilines is 2. The first-order valence-electron chi connectivity index (χ1n) is 5.38. The van der Waals surface area contributed by atoms with Gasteiger partial charge in [-0.1, -0.05) is 17.4 Å². The van der Waals surface area contributed by atoms with Crippen molar-refractivity contribution < 1.29 is 14.5 Å². The van der Waals surface area contributed by atoms with Gasteiger partial charge in [0, 0.05) is 0 Å². The standard InChI is InChI=1S/C11H14N2O3S/c1-3-14-11(17)8(2)15-13-10-7-5-4-6-9(10)12-16-13/h4-8,12H,3H2,1-2H3. The van der Waals surface area contributed by atoms with Crippen LogP contribution in [-0.4, -0.2) is 17.8 Å². The summed E-state index contributed by atoms with van der Waals surface area (Å²) in [5, 5.41) is 1.70. The van der Waals surface area contributed by atoms with Gasteiger partial charge in [0.15, 0.2) is 11.2 Å². The van der Waals surface area contributed by atoms with Crippen molar-refractivity contribution in [2.75, 3.05) is 17.3 Å². The fraction of sp³-hybridized carbons (Fsp3) is 0.364. The minimum atomic E-state index is -0.363. The molecule has 1 unspecified atom stereocenters. The minimum Gasteiger partial charge on any atom is -0.485 e. The molecule has 0 fully saturated rings. The quantitative estimate of drug-likeness (QED) is 0.833. The number of thiocarbonyl (C=S) groups is 1. The minimum absolute atomic E-state index is 0.363. The summed E-state index contributed by atoms with van der Waals surface area (Å²) in [6, 6.07) is 7.58. The first-order chi connectivity index (χ1) is 8.22. The lowest BCUT2D eigenvalue weighted by Gasteiger charge is -2.20. The Labute approximate surface area is 105 Å². The summed E-state index contributed by atoms with van der Waals surface area (Å²) in [7, 11) is 0. The molecule has 0 amide bonds. The monoisotopic (exact) mass is 254 g/mol. The van der Waals surface area contributed by atoms with Crippen LogP contribution in [0.5, 0.6) is 0 Å². The number of hydrogen-bond donors (Lipinski definition) is 1. The highest BCUT2D eigenvalue weighted by molar-refractivity contribution is 7.80. The highest BCUT2D eigenvalue weighted by Crippen LogP contribution is 2.31. The molecule has 0 aliphatic carbocycles. The Morgan fingerprint density at radius 3 is 3.06 bits per heavy atom. The van der Waals surface area contributed by atoms with Gasteiger partial charge in [0.1, 0.15) is 5.69 Å². The third kappa shape index (κ3) is 2.66. The van der Waals surface area contributed by atoms with Gasteiger partial charge in [0.25, 0.3) is 0 Å². The van der Waals surface area contributed by atoms with Crippen molar-refractivity contribution in [1.29, 1.82) is 0 Å². The highest BCUT2D eigenvalue weighted by Gasteiger charge is 2.24. The third-order valence-corrected chi connectivity index (χ3v) is 2.66. The average Bonchev–Trinajstić information content (AvgIpc) is 2.73. The number of para-hydroxylation sites is 2. The predicted molar refractivity (Wildman–Crippen MR) is 68.4 cm³/mol. The second kappa shape index (κ2) is 5.31. The van der Waals surface area contributed by atoms with E-state index in [-0.39, 0.29) is 6.10 Å². The summed E-state index contributed by atoms with van der Waals surface area (Å²) in [5.74, 6) is 0. The molecule has 0 bridgehead atoms. The van der Waals surface area contributed by atoms with Crippen molar-refractivity contribution in [3.8, 4) is 0 Å². The molecule has 1 aromatic rings. The number of nitrogens with zero attached hydrogens (tertiary/aromatic N) is 1. The van der Waals surface area contributed by atoms with Crippen molar-refractivity contribution in [3.63, 3.8) is 0 Å². The summed E-state index contributed by atoms with van der Waals surface area (Å²) in [6.45, 7) is 4.22.